The maximum atomic E-state index is 11.9. The van der Waals surface area contributed by atoms with Gasteiger partial charge < -0.3 is 15.6 Å². The smallest absolute Gasteiger partial charge is 0.252 e. The van der Waals surface area contributed by atoms with Crippen molar-refractivity contribution in [2.24, 2.45) is 0 Å². The summed E-state index contributed by atoms with van der Waals surface area (Å²) in [5, 5.41) is 6.84. The zero-order valence-corrected chi connectivity index (χ0v) is 12.6. The van der Waals surface area contributed by atoms with E-state index in [1.54, 1.807) is 0 Å². The number of H-pyrrole nitrogens is 1. The SMILES string of the molecule is CC(C)(C)NC(=O)CNCc1cc2ccccc2[nH]c1=O. The van der Waals surface area contributed by atoms with Crippen molar-refractivity contribution >= 4 is 16.8 Å². The minimum absolute atomic E-state index is 0.0836. The van der Waals surface area contributed by atoms with Gasteiger partial charge in [0, 0.05) is 23.2 Å². The zero-order valence-electron chi connectivity index (χ0n) is 12.6. The highest BCUT2D eigenvalue weighted by Crippen LogP contribution is 2.09. The van der Waals surface area contributed by atoms with Crippen LogP contribution in [-0.4, -0.2) is 23.0 Å². The van der Waals surface area contributed by atoms with Gasteiger partial charge in [-0.25, -0.2) is 0 Å². The predicted molar refractivity (Wildman–Crippen MR) is 84.2 cm³/mol. The van der Waals surface area contributed by atoms with Gasteiger partial charge in [0.15, 0.2) is 0 Å². The number of carbonyl (C=O) groups excluding carboxylic acids is 1. The quantitative estimate of drug-likeness (QED) is 0.798. The summed E-state index contributed by atoms with van der Waals surface area (Å²) < 4.78 is 0. The zero-order chi connectivity index (χ0) is 15.5. The molecule has 112 valence electrons. The number of amides is 1. The molecular weight excluding hydrogens is 266 g/mol. The lowest BCUT2D eigenvalue weighted by molar-refractivity contribution is -0.121. The van der Waals surface area contributed by atoms with Crippen molar-refractivity contribution < 1.29 is 4.79 Å². The van der Waals surface area contributed by atoms with Crippen LogP contribution in [0.3, 0.4) is 0 Å². The first kappa shape index (κ1) is 15.3. The lowest BCUT2D eigenvalue weighted by Crippen LogP contribution is -2.44. The molecule has 1 amide bonds. The number of benzene rings is 1. The van der Waals surface area contributed by atoms with Gasteiger partial charge >= 0.3 is 0 Å². The van der Waals surface area contributed by atoms with Gasteiger partial charge in [-0.05, 0) is 38.3 Å². The summed E-state index contributed by atoms with van der Waals surface area (Å²) in [5.74, 6) is -0.0836. The van der Waals surface area contributed by atoms with Crippen molar-refractivity contribution in [2.75, 3.05) is 6.54 Å². The minimum Gasteiger partial charge on any atom is -0.350 e. The Morgan fingerprint density at radius 3 is 2.67 bits per heavy atom. The summed E-state index contributed by atoms with van der Waals surface area (Å²) in [7, 11) is 0. The third kappa shape index (κ3) is 4.43. The Morgan fingerprint density at radius 1 is 1.24 bits per heavy atom. The standard InChI is InChI=1S/C16H21N3O2/c1-16(2,3)19-14(20)10-17-9-12-8-11-6-4-5-7-13(11)18-15(12)21/h4-8,17H,9-10H2,1-3H3,(H,18,21)(H,19,20). The van der Waals surface area contributed by atoms with E-state index < -0.39 is 0 Å². The molecule has 0 aliphatic carbocycles. The maximum absolute atomic E-state index is 11.9. The maximum Gasteiger partial charge on any atom is 0.252 e. The highest BCUT2D eigenvalue weighted by molar-refractivity contribution is 5.79. The number of hydrogen-bond acceptors (Lipinski definition) is 3. The topological polar surface area (TPSA) is 74.0 Å². The number of fused-ring (bicyclic) bond motifs is 1. The Bertz CT molecular complexity index is 698. The second-order valence-electron chi connectivity index (χ2n) is 6.11. The molecule has 0 aliphatic rings. The van der Waals surface area contributed by atoms with Crippen molar-refractivity contribution in [3.05, 3.63) is 46.2 Å². The number of rotatable bonds is 4. The highest BCUT2D eigenvalue weighted by Gasteiger charge is 2.13. The van der Waals surface area contributed by atoms with E-state index in [2.05, 4.69) is 15.6 Å². The monoisotopic (exact) mass is 287 g/mol. The Hall–Kier alpha value is -2.14. The molecule has 0 saturated heterocycles. The average molecular weight is 287 g/mol. The fourth-order valence-corrected chi connectivity index (χ4v) is 2.10. The molecule has 3 N–H and O–H groups in total. The third-order valence-electron chi connectivity index (χ3n) is 2.95. The number of aromatic amines is 1. The van der Waals surface area contributed by atoms with E-state index in [4.69, 9.17) is 0 Å². The van der Waals surface area contributed by atoms with E-state index in [0.717, 1.165) is 10.9 Å². The third-order valence-corrected chi connectivity index (χ3v) is 2.95. The summed E-state index contributed by atoms with van der Waals surface area (Å²) in [5.41, 5.74) is 1.06. The summed E-state index contributed by atoms with van der Waals surface area (Å²) in [6.07, 6.45) is 0. The number of para-hydroxylation sites is 1. The summed E-state index contributed by atoms with van der Waals surface area (Å²) in [6.45, 7) is 6.33. The summed E-state index contributed by atoms with van der Waals surface area (Å²) in [6, 6.07) is 9.47. The molecule has 5 heteroatoms. The van der Waals surface area contributed by atoms with Crippen LogP contribution in [-0.2, 0) is 11.3 Å². The van der Waals surface area contributed by atoms with Crippen molar-refractivity contribution in [3.63, 3.8) is 0 Å². The van der Waals surface area contributed by atoms with E-state index in [0.29, 0.717) is 12.1 Å². The van der Waals surface area contributed by atoms with Gasteiger partial charge in [-0.15, -0.1) is 0 Å². The van der Waals surface area contributed by atoms with E-state index in [-0.39, 0.29) is 23.6 Å². The molecule has 0 radical (unpaired) electrons. The van der Waals surface area contributed by atoms with Crippen LogP contribution in [0.1, 0.15) is 26.3 Å². The fourth-order valence-electron chi connectivity index (χ4n) is 2.10. The molecular formula is C16H21N3O2. The van der Waals surface area contributed by atoms with E-state index >= 15 is 0 Å². The van der Waals surface area contributed by atoms with Gasteiger partial charge in [-0.1, -0.05) is 18.2 Å². The molecule has 0 fully saturated rings. The number of pyridine rings is 1. The number of aromatic nitrogens is 1. The van der Waals surface area contributed by atoms with Gasteiger partial charge in [0.25, 0.3) is 5.56 Å². The highest BCUT2D eigenvalue weighted by atomic mass is 16.2. The van der Waals surface area contributed by atoms with Crippen LogP contribution in [0.15, 0.2) is 35.1 Å². The van der Waals surface area contributed by atoms with E-state index in [9.17, 15) is 9.59 Å². The number of hydrogen-bond donors (Lipinski definition) is 3. The molecule has 0 bridgehead atoms. The summed E-state index contributed by atoms with van der Waals surface area (Å²) >= 11 is 0. The first-order valence-electron chi connectivity index (χ1n) is 6.98. The Kier molecular flexibility index (Phi) is 4.43. The Balaban J connectivity index is 1.99. The first-order chi connectivity index (χ1) is 9.85. The first-order valence-corrected chi connectivity index (χ1v) is 6.98. The molecule has 2 rings (SSSR count). The van der Waals surface area contributed by atoms with Crippen LogP contribution in [0.25, 0.3) is 10.9 Å². The summed E-state index contributed by atoms with van der Waals surface area (Å²) in [4.78, 5) is 26.5. The van der Waals surface area contributed by atoms with Crippen molar-refractivity contribution in [2.45, 2.75) is 32.9 Å². The van der Waals surface area contributed by atoms with Crippen LogP contribution in [0, 0.1) is 0 Å². The molecule has 1 heterocycles. The predicted octanol–water partition coefficient (Wildman–Crippen LogP) is 1.53. The Morgan fingerprint density at radius 2 is 1.95 bits per heavy atom. The number of nitrogens with one attached hydrogen (secondary N) is 3. The Labute approximate surface area is 123 Å². The van der Waals surface area contributed by atoms with Crippen LogP contribution < -0.4 is 16.2 Å². The number of carbonyl (C=O) groups is 1. The minimum atomic E-state index is -0.251. The molecule has 0 unspecified atom stereocenters. The lowest BCUT2D eigenvalue weighted by Gasteiger charge is -2.20. The normalized spacial score (nSPS) is 11.6. The molecule has 5 nitrogen and oxygen atoms in total. The van der Waals surface area contributed by atoms with Crippen LogP contribution in [0.2, 0.25) is 0 Å². The second kappa shape index (κ2) is 6.10. The molecule has 0 saturated carbocycles. The molecule has 0 atom stereocenters. The molecule has 2 aromatic rings. The molecule has 0 aliphatic heterocycles. The second-order valence-corrected chi connectivity index (χ2v) is 6.11. The molecule has 0 spiro atoms. The van der Waals surface area contributed by atoms with Crippen molar-refractivity contribution in [1.82, 2.24) is 15.6 Å². The van der Waals surface area contributed by atoms with Crippen molar-refractivity contribution in [3.8, 4) is 0 Å². The van der Waals surface area contributed by atoms with Crippen molar-refractivity contribution in [1.29, 1.82) is 0 Å². The van der Waals surface area contributed by atoms with E-state index in [1.807, 2.05) is 51.1 Å². The lowest BCUT2D eigenvalue weighted by atomic mass is 10.1. The average Bonchev–Trinajstić information content (AvgIpc) is 2.37. The fraction of sp³-hybridized carbons (Fsp3) is 0.375. The van der Waals surface area contributed by atoms with Gasteiger partial charge in [0.05, 0.1) is 6.54 Å². The van der Waals surface area contributed by atoms with Gasteiger partial charge in [0.2, 0.25) is 5.91 Å². The van der Waals surface area contributed by atoms with Crippen LogP contribution in [0.5, 0.6) is 0 Å². The largest absolute Gasteiger partial charge is 0.350 e. The molecule has 1 aromatic heterocycles. The van der Waals surface area contributed by atoms with Gasteiger partial charge in [-0.3, -0.25) is 9.59 Å². The van der Waals surface area contributed by atoms with Crippen LogP contribution >= 0.6 is 0 Å². The van der Waals surface area contributed by atoms with Gasteiger partial charge in [-0.2, -0.15) is 0 Å². The van der Waals surface area contributed by atoms with Crippen LogP contribution in [0.4, 0.5) is 0 Å². The molecule has 21 heavy (non-hydrogen) atoms. The van der Waals surface area contributed by atoms with Gasteiger partial charge in [0.1, 0.15) is 0 Å². The molecule has 1 aromatic carbocycles. The van der Waals surface area contributed by atoms with E-state index in [1.165, 1.54) is 0 Å².